The quantitative estimate of drug-likeness (QED) is 0.914. The molecule has 0 atom stereocenters. The maximum atomic E-state index is 11.2. The van der Waals surface area contributed by atoms with Gasteiger partial charge in [0, 0.05) is 6.42 Å². The Balaban J connectivity index is 2.72. The first-order chi connectivity index (χ1) is 8.00. The van der Waals surface area contributed by atoms with E-state index in [0.717, 1.165) is 0 Å². The van der Waals surface area contributed by atoms with E-state index in [-0.39, 0.29) is 5.69 Å². The van der Waals surface area contributed by atoms with Crippen LogP contribution < -0.4 is 0 Å². The van der Waals surface area contributed by atoms with E-state index in [1.54, 1.807) is 22.6 Å². The third-order valence-corrected chi connectivity index (χ3v) is 2.77. The Morgan fingerprint density at radius 1 is 1.53 bits per heavy atom. The lowest BCUT2D eigenvalue weighted by atomic mass is 10.1. The fourth-order valence-electron chi connectivity index (χ4n) is 1.84. The van der Waals surface area contributed by atoms with Crippen molar-refractivity contribution in [1.29, 1.82) is 0 Å². The molecule has 2 aromatic heterocycles. The second kappa shape index (κ2) is 4.37. The number of carbonyl (C=O) groups is 1. The Morgan fingerprint density at radius 2 is 2.24 bits per heavy atom. The van der Waals surface area contributed by atoms with Crippen LogP contribution in [0, 0.1) is 5.92 Å². The molecule has 0 fully saturated rings. The molecule has 0 aromatic carbocycles. The van der Waals surface area contributed by atoms with E-state index in [1.165, 1.54) is 0 Å². The van der Waals surface area contributed by atoms with Gasteiger partial charge in [0.1, 0.15) is 11.5 Å². The van der Waals surface area contributed by atoms with E-state index < -0.39 is 5.97 Å². The van der Waals surface area contributed by atoms with Crippen LogP contribution >= 0.6 is 11.6 Å². The average Bonchev–Trinajstić information content (AvgIpc) is 2.55. The Bertz CT molecular complexity index is 575. The zero-order chi connectivity index (χ0) is 12.6. The Kier molecular flexibility index (Phi) is 3.07. The van der Waals surface area contributed by atoms with Crippen LogP contribution in [0.3, 0.4) is 0 Å². The summed E-state index contributed by atoms with van der Waals surface area (Å²) in [7, 11) is 0. The number of rotatable bonds is 3. The number of aromatic nitrogens is 2. The van der Waals surface area contributed by atoms with Crippen LogP contribution in [0.25, 0.3) is 5.52 Å². The molecule has 4 nitrogen and oxygen atoms in total. The third kappa shape index (κ3) is 2.13. The van der Waals surface area contributed by atoms with Crippen molar-refractivity contribution in [3.8, 4) is 0 Å². The number of pyridine rings is 1. The first-order valence-corrected chi connectivity index (χ1v) is 5.77. The molecule has 2 heterocycles. The molecular weight excluding hydrogens is 240 g/mol. The summed E-state index contributed by atoms with van der Waals surface area (Å²) in [5.41, 5.74) is 0.833. The number of nitrogens with zero attached hydrogens (tertiary/aromatic N) is 2. The van der Waals surface area contributed by atoms with Gasteiger partial charge in [-0.25, -0.2) is 9.78 Å². The van der Waals surface area contributed by atoms with Gasteiger partial charge in [-0.15, -0.1) is 0 Å². The first kappa shape index (κ1) is 11.9. The van der Waals surface area contributed by atoms with Gasteiger partial charge in [0.2, 0.25) is 0 Å². The van der Waals surface area contributed by atoms with Crippen molar-refractivity contribution in [2.75, 3.05) is 0 Å². The van der Waals surface area contributed by atoms with Gasteiger partial charge in [0.25, 0.3) is 0 Å². The molecule has 0 unspecified atom stereocenters. The summed E-state index contributed by atoms with van der Waals surface area (Å²) in [5.74, 6) is 0.103. The van der Waals surface area contributed by atoms with Gasteiger partial charge < -0.3 is 5.11 Å². The molecule has 0 amide bonds. The van der Waals surface area contributed by atoms with E-state index in [4.69, 9.17) is 16.7 Å². The summed E-state index contributed by atoms with van der Waals surface area (Å²) in [5, 5.41) is 9.51. The molecule has 2 aromatic rings. The lowest BCUT2D eigenvalue weighted by Crippen LogP contribution is -2.09. The van der Waals surface area contributed by atoms with Crippen molar-refractivity contribution in [3.63, 3.8) is 0 Å². The highest BCUT2D eigenvalue weighted by atomic mass is 35.5. The minimum atomic E-state index is -0.977. The summed E-state index contributed by atoms with van der Waals surface area (Å²) in [6.07, 6.45) is 0.693. The van der Waals surface area contributed by atoms with Gasteiger partial charge in [-0.3, -0.25) is 4.40 Å². The normalized spacial score (nSPS) is 11.3. The van der Waals surface area contributed by atoms with Gasteiger partial charge in [0.15, 0.2) is 5.15 Å². The second-order valence-electron chi connectivity index (χ2n) is 4.35. The minimum Gasteiger partial charge on any atom is -0.477 e. The fourth-order valence-corrected chi connectivity index (χ4v) is 2.08. The van der Waals surface area contributed by atoms with E-state index in [9.17, 15) is 4.79 Å². The summed E-state index contributed by atoms with van der Waals surface area (Å²) in [6.45, 7) is 4.11. The summed E-state index contributed by atoms with van der Waals surface area (Å²) < 4.78 is 1.62. The van der Waals surface area contributed by atoms with Crippen LogP contribution in [0.5, 0.6) is 0 Å². The first-order valence-electron chi connectivity index (χ1n) is 5.40. The second-order valence-corrected chi connectivity index (χ2v) is 4.71. The predicted molar refractivity (Wildman–Crippen MR) is 65.7 cm³/mol. The molecule has 0 radical (unpaired) electrons. The van der Waals surface area contributed by atoms with E-state index in [1.807, 2.05) is 0 Å². The van der Waals surface area contributed by atoms with Crippen LogP contribution in [0.15, 0.2) is 18.2 Å². The van der Waals surface area contributed by atoms with Crippen molar-refractivity contribution >= 4 is 23.1 Å². The molecule has 0 bridgehead atoms. The number of halogens is 1. The molecule has 90 valence electrons. The number of fused-ring (bicyclic) bond motifs is 1. The van der Waals surface area contributed by atoms with E-state index >= 15 is 0 Å². The number of carboxylic acids is 1. The highest BCUT2D eigenvalue weighted by molar-refractivity contribution is 6.32. The lowest BCUT2D eigenvalue weighted by Gasteiger charge is -2.06. The summed E-state index contributed by atoms with van der Waals surface area (Å²) >= 11 is 6.01. The van der Waals surface area contributed by atoms with Crippen molar-refractivity contribution in [2.24, 2.45) is 5.92 Å². The largest absolute Gasteiger partial charge is 0.477 e. The topological polar surface area (TPSA) is 54.6 Å². The third-order valence-electron chi connectivity index (χ3n) is 2.50. The average molecular weight is 253 g/mol. The molecule has 5 heteroatoms. The van der Waals surface area contributed by atoms with Gasteiger partial charge in [-0.1, -0.05) is 31.5 Å². The molecule has 0 saturated carbocycles. The Hall–Kier alpha value is -1.55. The minimum absolute atomic E-state index is 0.192. The van der Waals surface area contributed by atoms with Gasteiger partial charge in [0.05, 0.1) is 5.52 Å². The smallest absolute Gasteiger partial charge is 0.352 e. The molecule has 2 rings (SSSR count). The molecule has 0 saturated heterocycles. The molecule has 0 aliphatic heterocycles. The summed E-state index contributed by atoms with van der Waals surface area (Å²) in [4.78, 5) is 15.4. The monoisotopic (exact) mass is 252 g/mol. The predicted octanol–water partition coefficient (Wildman–Crippen LogP) is 2.88. The molecular formula is C12H13ClN2O2. The van der Waals surface area contributed by atoms with Crippen LogP contribution in [0.4, 0.5) is 0 Å². The number of imidazole rings is 1. The molecule has 0 aliphatic carbocycles. The van der Waals surface area contributed by atoms with Crippen molar-refractivity contribution in [1.82, 2.24) is 9.38 Å². The van der Waals surface area contributed by atoms with Crippen LogP contribution in [-0.4, -0.2) is 20.5 Å². The number of aromatic carboxylic acids is 1. The zero-order valence-electron chi connectivity index (χ0n) is 9.64. The Labute approximate surface area is 104 Å². The fraction of sp³-hybridized carbons (Fsp3) is 0.333. The number of hydrogen-bond donors (Lipinski definition) is 1. The van der Waals surface area contributed by atoms with Crippen molar-refractivity contribution in [3.05, 3.63) is 34.9 Å². The van der Waals surface area contributed by atoms with Crippen molar-refractivity contribution < 1.29 is 9.90 Å². The highest BCUT2D eigenvalue weighted by Gasteiger charge is 2.16. The lowest BCUT2D eigenvalue weighted by molar-refractivity contribution is 0.0688. The SMILES string of the molecule is CC(C)Cc1nc(Cl)c2cccc(C(=O)O)n12. The number of carboxylic acid groups (broad SMARTS) is 1. The van der Waals surface area contributed by atoms with Gasteiger partial charge >= 0.3 is 5.97 Å². The molecule has 0 spiro atoms. The van der Waals surface area contributed by atoms with Crippen molar-refractivity contribution in [2.45, 2.75) is 20.3 Å². The van der Waals surface area contributed by atoms with Gasteiger partial charge in [-0.05, 0) is 18.1 Å². The van der Waals surface area contributed by atoms with E-state index in [0.29, 0.717) is 28.8 Å². The zero-order valence-corrected chi connectivity index (χ0v) is 10.4. The van der Waals surface area contributed by atoms with Crippen LogP contribution in [0.1, 0.15) is 30.2 Å². The highest BCUT2D eigenvalue weighted by Crippen LogP contribution is 2.22. The maximum absolute atomic E-state index is 11.2. The molecule has 1 N–H and O–H groups in total. The van der Waals surface area contributed by atoms with Crippen LogP contribution in [0.2, 0.25) is 5.15 Å². The molecule has 0 aliphatic rings. The van der Waals surface area contributed by atoms with Crippen LogP contribution in [-0.2, 0) is 6.42 Å². The number of hydrogen-bond acceptors (Lipinski definition) is 2. The van der Waals surface area contributed by atoms with E-state index in [2.05, 4.69) is 18.8 Å². The summed E-state index contributed by atoms with van der Waals surface area (Å²) in [6, 6.07) is 4.99. The molecule has 17 heavy (non-hydrogen) atoms. The Morgan fingerprint density at radius 3 is 2.82 bits per heavy atom. The standard InChI is InChI=1S/C12H13ClN2O2/c1-7(2)6-10-14-11(13)8-4-3-5-9(12(16)17)15(8)10/h3-5,7H,6H2,1-2H3,(H,16,17). The maximum Gasteiger partial charge on any atom is 0.352 e. The van der Waals surface area contributed by atoms with Gasteiger partial charge in [-0.2, -0.15) is 0 Å².